The standard InChI is InChI=1S/C15H16O2S/c1-3-11-8-9-18-15(11)13(16)10-12-6-4-5-7-14(12)17-2/h4-9H,3,10H2,1-2H3. The van der Waals surface area contributed by atoms with Gasteiger partial charge in [-0.05, 0) is 29.5 Å². The number of para-hydroxylation sites is 1. The highest BCUT2D eigenvalue weighted by Crippen LogP contribution is 2.23. The van der Waals surface area contributed by atoms with E-state index < -0.39 is 0 Å². The van der Waals surface area contributed by atoms with Crippen LogP contribution in [0.2, 0.25) is 0 Å². The lowest BCUT2D eigenvalue weighted by molar-refractivity contribution is 0.0995. The van der Waals surface area contributed by atoms with Gasteiger partial charge in [-0.2, -0.15) is 0 Å². The first-order valence-corrected chi connectivity index (χ1v) is 6.85. The lowest BCUT2D eigenvalue weighted by atomic mass is 10.0. The number of ether oxygens (including phenoxy) is 1. The molecule has 0 atom stereocenters. The zero-order valence-corrected chi connectivity index (χ0v) is 11.4. The van der Waals surface area contributed by atoms with Crippen molar-refractivity contribution in [3.8, 4) is 5.75 Å². The third-order valence-electron chi connectivity index (χ3n) is 2.92. The van der Waals surface area contributed by atoms with E-state index in [1.165, 1.54) is 11.3 Å². The Morgan fingerprint density at radius 3 is 2.72 bits per heavy atom. The monoisotopic (exact) mass is 260 g/mol. The van der Waals surface area contributed by atoms with Crippen LogP contribution in [0.4, 0.5) is 0 Å². The highest BCUT2D eigenvalue weighted by Gasteiger charge is 2.14. The third kappa shape index (κ3) is 2.62. The Kier molecular flexibility index (Phi) is 4.15. The number of carbonyl (C=O) groups excluding carboxylic acids is 1. The van der Waals surface area contributed by atoms with Gasteiger partial charge in [0.2, 0.25) is 0 Å². The van der Waals surface area contributed by atoms with Gasteiger partial charge < -0.3 is 4.74 Å². The van der Waals surface area contributed by atoms with Crippen LogP contribution in [0.1, 0.15) is 27.7 Å². The fourth-order valence-corrected chi connectivity index (χ4v) is 2.90. The van der Waals surface area contributed by atoms with Crippen molar-refractivity contribution in [2.24, 2.45) is 0 Å². The highest BCUT2D eigenvalue weighted by atomic mass is 32.1. The van der Waals surface area contributed by atoms with Crippen molar-refractivity contribution in [3.05, 3.63) is 51.7 Å². The predicted octanol–water partition coefficient (Wildman–Crippen LogP) is 3.74. The topological polar surface area (TPSA) is 26.3 Å². The van der Waals surface area contributed by atoms with Crippen molar-refractivity contribution < 1.29 is 9.53 Å². The summed E-state index contributed by atoms with van der Waals surface area (Å²) in [6, 6.07) is 9.70. The minimum absolute atomic E-state index is 0.173. The van der Waals surface area contributed by atoms with E-state index in [0.29, 0.717) is 6.42 Å². The van der Waals surface area contributed by atoms with E-state index in [1.54, 1.807) is 7.11 Å². The normalized spacial score (nSPS) is 10.3. The molecule has 0 fully saturated rings. The van der Waals surface area contributed by atoms with Crippen LogP contribution in [-0.2, 0) is 12.8 Å². The molecule has 0 bridgehead atoms. The van der Waals surface area contributed by atoms with Crippen molar-refractivity contribution in [3.63, 3.8) is 0 Å². The first kappa shape index (κ1) is 12.8. The van der Waals surface area contributed by atoms with E-state index in [1.807, 2.05) is 35.7 Å². The molecule has 0 radical (unpaired) electrons. The Morgan fingerprint density at radius 1 is 1.22 bits per heavy atom. The molecule has 2 nitrogen and oxygen atoms in total. The van der Waals surface area contributed by atoms with Gasteiger partial charge in [0.1, 0.15) is 5.75 Å². The summed E-state index contributed by atoms with van der Waals surface area (Å²) >= 11 is 1.52. The molecule has 0 saturated carbocycles. The van der Waals surface area contributed by atoms with Crippen LogP contribution in [-0.4, -0.2) is 12.9 Å². The number of rotatable bonds is 5. The Bertz CT molecular complexity index is 543. The van der Waals surface area contributed by atoms with Gasteiger partial charge >= 0.3 is 0 Å². The van der Waals surface area contributed by atoms with Gasteiger partial charge in [-0.3, -0.25) is 4.79 Å². The van der Waals surface area contributed by atoms with E-state index >= 15 is 0 Å². The second-order valence-corrected chi connectivity index (χ2v) is 4.96. The van der Waals surface area contributed by atoms with Crippen LogP contribution < -0.4 is 4.74 Å². The number of hydrogen-bond acceptors (Lipinski definition) is 3. The quantitative estimate of drug-likeness (QED) is 0.765. The maximum atomic E-state index is 12.3. The average molecular weight is 260 g/mol. The second kappa shape index (κ2) is 5.83. The summed E-state index contributed by atoms with van der Waals surface area (Å²) in [6.45, 7) is 2.07. The predicted molar refractivity (Wildman–Crippen MR) is 74.7 cm³/mol. The molecular formula is C15H16O2S. The van der Waals surface area contributed by atoms with E-state index in [4.69, 9.17) is 4.74 Å². The molecule has 0 aliphatic rings. The molecule has 2 rings (SSSR count). The van der Waals surface area contributed by atoms with Crippen molar-refractivity contribution in [1.82, 2.24) is 0 Å². The van der Waals surface area contributed by atoms with Crippen molar-refractivity contribution in [2.45, 2.75) is 19.8 Å². The zero-order valence-electron chi connectivity index (χ0n) is 10.6. The fourth-order valence-electron chi connectivity index (χ4n) is 1.96. The van der Waals surface area contributed by atoms with E-state index in [2.05, 4.69) is 6.92 Å². The minimum atomic E-state index is 0.173. The molecule has 0 spiro atoms. The van der Waals surface area contributed by atoms with Gasteiger partial charge in [-0.15, -0.1) is 11.3 Å². The molecule has 18 heavy (non-hydrogen) atoms. The van der Waals surface area contributed by atoms with Crippen molar-refractivity contribution in [1.29, 1.82) is 0 Å². The molecule has 0 aliphatic heterocycles. The van der Waals surface area contributed by atoms with Crippen LogP contribution >= 0.6 is 11.3 Å². The summed E-state index contributed by atoms with van der Waals surface area (Å²) in [6.07, 6.45) is 1.30. The zero-order chi connectivity index (χ0) is 13.0. The second-order valence-electron chi connectivity index (χ2n) is 4.04. The summed E-state index contributed by atoms with van der Waals surface area (Å²) in [5.41, 5.74) is 2.08. The molecule has 0 unspecified atom stereocenters. The highest BCUT2D eigenvalue weighted by molar-refractivity contribution is 7.12. The fraction of sp³-hybridized carbons (Fsp3) is 0.267. The maximum Gasteiger partial charge on any atom is 0.177 e. The van der Waals surface area contributed by atoms with E-state index in [-0.39, 0.29) is 5.78 Å². The Morgan fingerprint density at radius 2 is 2.00 bits per heavy atom. The molecule has 2 aromatic rings. The largest absolute Gasteiger partial charge is 0.496 e. The molecule has 1 heterocycles. The molecule has 0 amide bonds. The van der Waals surface area contributed by atoms with Gasteiger partial charge in [0.25, 0.3) is 0 Å². The van der Waals surface area contributed by atoms with Crippen LogP contribution in [0.15, 0.2) is 35.7 Å². The van der Waals surface area contributed by atoms with Crippen molar-refractivity contribution in [2.75, 3.05) is 7.11 Å². The van der Waals surface area contributed by atoms with Gasteiger partial charge in [0.15, 0.2) is 5.78 Å². The number of Topliss-reactive ketones (excluding diaryl/α,β-unsaturated/α-hetero) is 1. The number of benzene rings is 1. The number of carbonyl (C=O) groups is 1. The van der Waals surface area contributed by atoms with Gasteiger partial charge in [-0.25, -0.2) is 0 Å². The molecule has 1 aromatic heterocycles. The Hall–Kier alpha value is -1.61. The summed E-state index contributed by atoms with van der Waals surface area (Å²) < 4.78 is 5.27. The number of hydrogen-bond donors (Lipinski definition) is 0. The molecule has 1 aromatic carbocycles. The first-order chi connectivity index (χ1) is 8.76. The summed E-state index contributed by atoms with van der Waals surface area (Å²) in [4.78, 5) is 13.2. The van der Waals surface area contributed by atoms with Crippen LogP contribution in [0.3, 0.4) is 0 Å². The van der Waals surface area contributed by atoms with E-state index in [0.717, 1.165) is 28.2 Å². The van der Waals surface area contributed by atoms with E-state index in [9.17, 15) is 4.79 Å². The number of thiophene rings is 1. The molecule has 0 N–H and O–H groups in total. The van der Waals surface area contributed by atoms with Crippen LogP contribution in [0.25, 0.3) is 0 Å². The number of aryl methyl sites for hydroxylation is 1. The molecule has 94 valence electrons. The first-order valence-electron chi connectivity index (χ1n) is 5.97. The summed E-state index contributed by atoms with van der Waals surface area (Å²) in [5, 5.41) is 1.98. The molecular weight excluding hydrogens is 244 g/mol. The number of ketones is 1. The lowest BCUT2D eigenvalue weighted by Crippen LogP contribution is -2.05. The van der Waals surface area contributed by atoms with Gasteiger partial charge in [0, 0.05) is 12.0 Å². The Labute approximate surface area is 111 Å². The minimum Gasteiger partial charge on any atom is -0.496 e. The SMILES string of the molecule is CCc1ccsc1C(=O)Cc1ccccc1OC. The van der Waals surface area contributed by atoms with Crippen LogP contribution in [0.5, 0.6) is 5.75 Å². The Balaban J connectivity index is 2.21. The summed E-state index contributed by atoms with van der Waals surface area (Å²) in [7, 11) is 1.63. The maximum absolute atomic E-state index is 12.3. The average Bonchev–Trinajstić information content (AvgIpc) is 2.87. The third-order valence-corrected chi connectivity index (χ3v) is 3.92. The summed E-state index contributed by atoms with van der Waals surface area (Å²) in [5.74, 6) is 0.951. The smallest absolute Gasteiger partial charge is 0.177 e. The van der Waals surface area contributed by atoms with Gasteiger partial charge in [0.05, 0.1) is 12.0 Å². The molecule has 0 saturated heterocycles. The molecule has 3 heteroatoms. The lowest BCUT2D eigenvalue weighted by Gasteiger charge is -2.07. The van der Waals surface area contributed by atoms with Crippen LogP contribution in [0, 0.1) is 0 Å². The van der Waals surface area contributed by atoms with Gasteiger partial charge in [-0.1, -0.05) is 25.1 Å². The number of methoxy groups -OCH3 is 1. The molecule has 0 aliphatic carbocycles. The van der Waals surface area contributed by atoms with Crippen molar-refractivity contribution >= 4 is 17.1 Å².